The monoisotopic (exact) mass is 270 g/mol. The number of rotatable bonds is 5. The SMILES string of the molecule is CC(=O)c1ccc(OC(=O)COc2ccccc2)cc1. The van der Waals surface area contributed by atoms with E-state index < -0.39 is 5.97 Å². The van der Waals surface area contributed by atoms with Gasteiger partial charge in [-0.15, -0.1) is 0 Å². The number of ketones is 1. The van der Waals surface area contributed by atoms with Crippen molar-refractivity contribution in [2.75, 3.05) is 6.61 Å². The molecule has 2 rings (SSSR count). The molecule has 0 saturated carbocycles. The summed E-state index contributed by atoms with van der Waals surface area (Å²) in [4.78, 5) is 22.7. The zero-order valence-electron chi connectivity index (χ0n) is 11.0. The Hall–Kier alpha value is -2.62. The number of ether oxygens (including phenoxy) is 2. The topological polar surface area (TPSA) is 52.6 Å². The predicted molar refractivity (Wildman–Crippen MR) is 74.0 cm³/mol. The molecule has 0 heterocycles. The molecule has 0 aliphatic rings. The number of para-hydroxylation sites is 1. The third-order valence-electron chi connectivity index (χ3n) is 2.59. The van der Waals surface area contributed by atoms with Crippen LogP contribution in [0.1, 0.15) is 17.3 Å². The molecule has 4 nitrogen and oxygen atoms in total. The minimum atomic E-state index is -0.496. The van der Waals surface area contributed by atoms with Crippen LogP contribution in [0.3, 0.4) is 0 Å². The lowest BCUT2D eigenvalue weighted by Crippen LogP contribution is -2.17. The third kappa shape index (κ3) is 3.95. The molecule has 20 heavy (non-hydrogen) atoms. The number of carbonyl (C=O) groups excluding carboxylic acids is 2. The minimum Gasteiger partial charge on any atom is -0.482 e. The first kappa shape index (κ1) is 13.8. The molecular formula is C16H14O4. The zero-order valence-corrected chi connectivity index (χ0v) is 11.0. The van der Waals surface area contributed by atoms with E-state index in [1.54, 1.807) is 36.4 Å². The lowest BCUT2D eigenvalue weighted by molar-refractivity contribution is -0.136. The molecule has 0 N–H and O–H groups in total. The lowest BCUT2D eigenvalue weighted by atomic mass is 10.1. The molecule has 0 aliphatic heterocycles. The van der Waals surface area contributed by atoms with E-state index in [4.69, 9.17) is 9.47 Å². The number of hydrogen-bond donors (Lipinski definition) is 0. The minimum absolute atomic E-state index is 0.0321. The first-order valence-corrected chi connectivity index (χ1v) is 6.14. The summed E-state index contributed by atoms with van der Waals surface area (Å²) in [7, 11) is 0. The van der Waals surface area contributed by atoms with Gasteiger partial charge in [0.05, 0.1) is 0 Å². The second kappa shape index (κ2) is 6.52. The second-order valence-electron chi connectivity index (χ2n) is 4.16. The van der Waals surface area contributed by atoms with Crippen LogP contribution in [0.4, 0.5) is 0 Å². The molecule has 0 bridgehead atoms. The number of esters is 1. The standard InChI is InChI=1S/C16H14O4/c1-12(17)13-7-9-15(10-8-13)20-16(18)11-19-14-5-3-2-4-6-14/h2-10H,11H2,1H3. The van der Waals surface area contributed by atoms with Crippen LogP contribution in [0.15, 0.2) is 54.6 Å². The number of Topliss-reactive ketones (excluding diaryl/α,β-unsaturated/α-hetero) is 1. The largest absolute Gasteiger partial charge is 0.482 e. The molecule has 0 saturated heterocycles. The van der Waals surface area contributed by atoms with Crippen molar-refractivity contribution < 1.29 is 19.1 Å². The molecule has 2 aromatic rings. The second-order valence-corrected chi connectivity index (χ2v) is 4.16. The van der Waals surface area contributed by atoms with Gasteiger partial charge in [-0.1, -0.05) is 18.2 Å². The van der Waals surface area contributed by atoms with Gasteiger partial charge in [-0.05, 0) is 43.3 Å². The van der Waals surface area contributed by atoms with E-state index in [2.05, 4.69) is 0 Å². The fourth-order valence-electron chi connectivity index (χ4n) is 1.58. The van der Waals surface area contributed by atoms with Gasteiger partial charge in [0.2, 0.25) is 0 Å². The number of hydrogen-bond acceptors (Lipinski definition) is 4. The van der Waals surface area contributed by atoms with Crippen molar-refractivity contribution in [3.8, 4) is 11.5 Å². The van der Waals surface area contributed by atoms with Gasteiger partial charge in [0.25, 0.3) is 0 Å². The fourth-order valence-corrected chi connectivity index (χ4v) is 1.58. The molecule has 4 heteroatoms. The quantitative estimate of drug-likeness (QED) is 0.476. The average molecular weight is 270 g/mol. The third-order valence-corrected chi connectivity index (χ3v) is 2.59. The number of benzene rings is 2. The van der Waals surface area contributed by atoms with E-state index in [0.717, 1.165) is 0 Å². The van der Waals surface area contributed by atoms with Crippen molar-refractivity contribution >= 4 is 11.8 Å². The Labute approximate surface area is 116 Å². The average Bonchev–Trinajstić information content (AvgIpc) is 2.47. The summed E-state index contributed by atoms with van der Waals surface area (Å²) in [5.41, 5.74) is 0.574. The van der Waals surface area contributed by atoms with Crippen LogP contribution in [0.2, 0.25) is 0 Å². The molecule has 0 atom stereocenters. The van der Waals surface area contributed by atoms with E-state index >= 15 is 0 Å². The molecule has 0 amide bonds. The maximum absolute atomic E-state index is 11.6. The Morgan fingerprint density at radius 1 is 0.900 bits per heavy atom. The van der Waals surface area contributed by atoms with Crippen LogP contribution < -0.4 is 9.47 Å². The van der Waals surface area contributed by atoms with Gasteiger partial charge in [0.15, 0.2) is 12.4 Å². The fraction of sp³-hybridized carbons (Fsp3) is 0.125. The first-order chi connectivity index (χ1) is 9.65. The van der Waals surface area contributed by atoms with Gasteiger partial charge in [0, 0.05) is 5.56 Å². The molecule has 0 unspecified atom stereocenters. The van der Waals surface area contributed by atoms with Crippen molar-refractivity contribution in [2.45, 2.75) is 6.92 Å². The van der Waals surface area contributed by atoms with Gasteiger partial charge in [-0.3, -0.25) is 4.79 Å². The van der Waals surface area contributed by atoms with E-state index in [9.17, 15) is 9.59 Å². The zero-order chi connectivity index (χ0) is 14.4. The molecule has 2 aromatic carbocycles. The summed E-state index contributed by atoms with van der Waals surface area (Å²) in [6, 6.07) is 15.4. The summed E-state index contributed by atoms with van der Waals surface area (Å²) in [6.07, 6.45) is 0. The van der Waals surface area contributed by atoms with E-state index in [-0.39, 0.29) is 12.4 Å². The van der Waals surface area contributed by atoms with Crippen LogP contribution in [-0.4, -0.2) is 18.4 Å². The van der Waals surface area contributed by atoms with E-state index in [0.29, 0.717) is 17.1 Å². The van der Waals surface area contributed by atoms with Crippen LogP contribution >= 0.6 is 0 Å². The van der Waals surface area contributed by atoms with Crippen LogP contribution in [-0.2, 0) is 4.79 Å². The summed E-state index contributed by atoms with van der Waals surface area (Å²) in [5, 5.41) is 0. The highest BCUT2D eigenvalue weighted by molar-refractivity contribution is 5.94. The Morgan fingerprint density at radius 2 is 1.55 bits per heavy atom. The normalized spacial score (nSPS) is 9.85. The van der Waals surface area contributed by atoms with Gasteiger partial charge in [0.1, 0.15) is 11.5 Å². The van der Waals surface area contributed by atoms with Gasteiger partial charge < -0.3 is 9.47 Å². The smallest absolute Gasteiger partial charge is 0.349 e. The summed E-state index contributed by atoms with van der Waals surface area (Å²) in [5.74, 6) is 0.466. The molecule has 0 spiro atoms. The van der Waals surface area contributed by atoms with Crippen molar-refractivity contribution in [2.24, 2.45) is 0 Å². The van der Waals surface area contributed by atoms with Crippen LogP contribution in [0, 0.1) is 0 Å². The van der Waals surface area contributed by atoms with Crippen molar-refractivity contribution in [1.82, 2.24) is 0 Å². The molecule has 0 aliphatic carbocycles. The van der Waals surface area contributed by atoms with E-state index in [1.807, 2.05) is 18.2 Å². The Morgan fingerprint density at radius 3 is 2.15 bits per heavy atom. The predicted octanol–water partition coefficient (Wildman–Crippen LogP) is 2.87. The Bertz CT molecular complexity index is 588. The summed E-state index contributed by atoms with van der Waals surface area (Å²) in [6.45, 7) is 1.31. The molecular weight excluding hydrogens is 256 g/mol. The maximum atomic E-state index is 11.6. The number of carbonyl (C=O) groups is 2. The van der Waals surface area contributed by atoms with Gasteiger partial charge >= 0.3 is 5.97 Å². The summed E-state index contributed by atoms with van der Waals surface area (Å²) < 4.78 is 10.4. The first-order valence-electron chi connectivity index (χ1n) is 6.14. The molecule has 0 radical (unpaired) electrons. The highest BCUT2D eigenvalue weighted by Crippen LogP contribution is 2.13. The lowest BCUT2D eigenvalue weighted by Gasteiger charge is -2.06. The molecule has 102 valence electrons. The van der Waals surface area contributed by atoms with Crippen LogP contribution in [0.25, 0.3) is 0 Å². The van der Waals surface area contributed by atoms with Crippen LogP contribution in [0.5, 0.6) is 11.5 Å². The highest BCUT2D eigenvalue weighted by atomic mass is 16.6. The van der Waals surface area contributed by atoms with Gasteiger partial charge in [-0.2, -0.15) is 0 Å². The van der Waals surface area contributed by atoms with E-state index in [1.165, 1.54) is 6.92 Å². The van der Waals surface area contributed by atoms with Gasteiger partial charge in [-0.25, -0.2) is 4.79 Å². The Kier molecular flexibility index (Phi) is 4.50. The Balaban J connectivity index is 1.86. The molecule has 0 fully saturated rings. The molecule has 0 aromatic heterocycles. The summed E-state index contributed by atoms with van der Waals surface area (Å²) >= 11 is 0. The maximum Gasteiger partial charge on any atom is 0.349 e. The van der Waals surface area contributed by atoms with Crippen molar-refractivity contribution in [1.29, 1.82) is 0 Å². The van der Waals surface area contributed by atoms with Crippen molar-refractivity contribution in [3.05, 3.63) is 60.2 Å². The highest BCUT2D eigenvalue weighted by Gasteiger charge is 2.07. The van der Waals surface area contributed by atoms with Crippen molar-refractivity contribution in [3.63, 3.8) is 0 Å².